The molecule has 0 saturated carbocycles. The Hall–Kier alpha value is -2.83. The summed E-state index contributed by atoms with van der Waals surface area (Å²) in [5.74, 6) is 0.774. The molecular weight excluding hydrogens is 466 g/mol. The Labute approximate surface area is 208 Å². The van der Waals surface area contributed by atoms with Crippen LogP contribution in [-0.4, -0.2) is 15.8 Å². The lowest BCUT2D eigenvalue weighted by atomic mass is 9.69. The van der Waals surface area contributed by atoms with Crippen molar-refractivity contribution in [1.82, 2.24) is 9.97 Å². The number of benzene rings is 2. The van der Waals surface area contributed by atoms with Gasteiger partial charge in [0.25, 0.3) is 5.56 Å². The summed E-state index contributed by atoms with van der Waals surface area (Å²) in [6.07, 6.45) is 1.15. The fourth-order valence-electron chi connectivity index (χ4n) is 4.82. The number of H-pyrrole nitrogens is 1. The molecule has 1 aliphatic carbocycles. The number of aryl methyl sites for hydroxylation is 1. The van der Waals surface area contributed by atoms with Crippen molar-refractivity contribution in [3.8, 4) is 0 Å². The Morgan fingerprint density at radius 1 is 1.12 bits per heavy atom. The van der Waals surface area contributed by atoms with Crippen LogP contribution in [0.4, 0.5) is 5.82 Å². The standard InChI is InChI=1S/C27H26ClN3O2S/c1-15-7-9-16(10-8-15)14-34-26-30-24-23(25(33)31-26)21(17-5-4-6-18(28)11-17)22-19(29-24)12-27(2,3)13-20(22)32/h4-11,21H,12-14H2,1-3H3,(H2,29,30,31,33). The number of aromatic nitrogens is 2. The highest BCUT2D eigenvalue weighted by atomic mass is 35.5. The molecule has 2 heterocycles. The predicted molar refractivity (Wildman–Crippen MR) is 138 cm³/mol. The van der Waals surface area contributed by atoms with Gasteiger partial charge in [0.1, 0.15) is 5.82 Å². The number of nitrogens with one attached hydrogen (secondary N) is 2. The molecule has 0 fully saturated rings. The van der Waals surface area contributed by atoms with Crippen LogP contribution in [0.3, 0.4) is 0 Å². The van der Waals surface area contributed by atoms with Crippen molar-refractivity contribution in [3.05, 3.63) is 97.4 Å². The number of nitrogens with zero attached hydrogens (tertiary/aromatic N) is 1. The van der Waals surface area contributed by atoms with Crippen LogP contribution in [0.15, 0.2) is 69.8 Å². The molecule has 0 spiro atoms. The number of allylic oxidation sites excluding steroid dienone is 2. The maximum absolute atomic E-state index is 13.4. The number of rotatable bonds is 4. The number of aromatic amines is 1. The van der Waals surface area contributed by atoms with Gasteiger partial charge in [-0.25, -0.2) is 4.98 Å². The zero-order valence-electron chi connectivity index (χ0n) is 19.4. The average Bonchev–Trinajstić information content (AvgIpc) is 2.76. The molecule has 0 amide bonds. The van der Waals surface area contributed by atoms with Gasteiger partial charge in [-0.15, -0.1) is 0 Å². The Morgan fingerprint density at radius 3 is 2.62 bits per heavy atom. The molecule has 2 N–H and O–H groups in total. The number of hydrogen-bond donors (Lipinski definition) is 2. The Bertz CT molecular complexity index is 1380. The monoisotopic (exact) mass is 491 g/mol. The van der Waals surface area contributed by atoms with Crippen molar-refractivity contribution in [2.45, 2.75) is 50.4 Å². The summed E-state index contributed by atoms with van der Waals surface area (Å²) in [7, 11) is 0. The number of hydrogen-bond acceptors (Lipinski definition) is 5. The smallest absolute Gasteiger partial charge is 0.257 e. The number of ketones is 1. The van der Waals surface area contributed by atoms with Gasteiger partial charge in [0.2, 0.25) is 0 Å². The first-order valence-corrected chi connectivity index (χ1v) is 12.7. The van der Waals surface area contributed by atoms with Gasteiger partial charge in [0.05, 0.1) is 5.56 Å². The van der Waals surface area contributed by atoms with E-state index in [-0.39, 0.29) is 16.8 Å². The van der Waals surface area contributed by atoms with Gasteiger partial charge < -0.3 is 10.3 Å². The van der Waals surface area contributed by atoms with Gasteiger partial charge in [0.15, 0.2) is 10.9 Å². The maximum Gasteiger partial charge on any atom is 0.257 e. The van der Waals surface area contributed by atoms with E-state index in [0.717, 1.165) is 16.8 Å². The molecule has 0 bridgehead atoms. The van der Waals surface area contributed by atoms with Crippen molar-refractivity contribution in [1.29, 1.82) is 0 Å². The summed E-state index contributed by atoms with van der Waals surface area (Å²) in [5, 5.41) is 4.48. The second-order valence-electron chi connectivity index (χ2n) is 9.85. The minimum Gasteiger partial charge on any atom is -0.343 e. The third kappa shape index (κ3) is 4.44. The second-order valence-corrected chi connectivity index (χ2v) is 11.3. The van der Waals surface area contributed by atoms with Crippen molar-refractivity contribution in [3.63, 3.8) is 0 Å². The molecule has 1 atom stereocenters. The summed E-state index contributed by atoms with van der Waals surface area (Å²) in [4.78, 5) is 34.5. The SMILES string of the molecule is Cc1ccc(CSc2nc3c(c(=O)[nH]2)C(c2cccc(Cl)c2)C2=C(CC(C)(C)CC2=O)N3)cc1. The minimum absolute atomic E-state index is 0.0617. The van der Waals surface area contributed by atoms with Crippen LogP contribution < -0.4 is 10.9 Å². The van der Waals surface area contributed by atoms with E-state index in [1.165, 1.54) is 17.3 Å². The Balaban J connectivity index is 1.58. The first-order valence-electron chi connectivity index (χ1n) is 11.3. The van der Waals surface area contributed by atoms with Crippen LogP contribution in [0.2, 0.25) is 5.02 Å². The zero-order chi connectivity index (χ0) is 24.0. The third-order valence-corrected chi connectivity index (χ3v) is 7.56. The topological polar surface area (TPSA) is 74.8 Å². The van der Waals surface area contributed by atoms with Crippen molar-refractivity contribution in [2.75, 3.05) is 5.32 Å². The lowest BCUT2D eigenvalue weighted by Crippen LogP contribution is -2.37. The number of anilines is 1. The van der Waals surface area contributed by atoms with Gasteiger partial charge in [-0.05, 0) is 42.0 Å². The normalized spacial score (nSPS) is 18.8. The van der Waals surface area contributed by atoms with Gasteiger partial charge in [0, 0.05) is 34.4 Å². The molecule has 174 valence electrons. The number of halogens is 1. The largest absolute Gasteiger partial charge is 0.343 e. The van der Waals surface area contributed by atoms with E-state index < -0.39 is 5.92 Å². The van der Waals surface area contributed by atoms with E-state index in [9.17, 15) is 9.59 Å². The van der Waals surface area contributed by atoms with Gasteiger partial charge in [-0.1, -0.05) is 79.2 Å². The van der Waals surface area contributed by atoms with Crippen LogP contribution in [0, 0.1) is 12.3 Å². The predicted octanol–water partition coefficient (Wildman–Crippen LogP) is 6.22. The first-order chi connectivity index (χ1) is 16.2. The second kappa shape index (κ2) is 8.75. The molecule has 0 radical (unpaired) electrons. The van der Waals surface area contributed by atoms with Crippen LogP contribution in [0.1, 0.15) is 54.9 Å². The third-order valence-electron chi connectivity index (χ3n) is 6.38. The lowest BCUT2D eigenvalue weighted by molar-refractivity contribution is -0.118. The van der Waals surface area contributed by atoms with E-state index in [2.05, 4.69) is 55.3 Å². The molecule has 5 nitrogen and oxygen atoms in total. The highest BCUT2D eigenvalue weighted by Gasteiger charge is 2.42. The molecule has 7 heteroatoms. The van der Waals surface area contributed by atoms with Gasteiger partial charge >= 0.3 is 0 Å². The van der Waals surface area contributed by atoms with E-state index in [1.807, 2.05) is 18.2 Å². The van der Waals surface area contributed by atoms with Crippen LogP contribution >= 0.6 is 23.4 Å². The lowest BCUT2D eigenvalue weighted by Gasteiger charge is -2.38. The maximum atomic E-state index is 13.4. The highest BCUT2D eigenvalue weighted by molar-refractivity contribution is 7.98. The summed E-state index contributed by atoms with van der Waals surface area (Å²) in [5.41, 5.74) is 4.76. The number of carbonyl (C=O) groups is 1. The van der Waals surface area contributed by atoms with Crippen molar-refractivity contribution < 1.29 is 4.79 Å². The van der Waals surface area contributed by atoms with E-state index in [4.69, 9.17) is 16.6 Å². The van der Waals surface area contributed by atoms with Gasteiger partial charge in [-0.2, -0.15) is 0 Å². The van der Waals surface area contributed by atoms with E-state index in [0.29, 0.717) is 45.7 Å². The summed E-state index contributed by atoms with van der Waals surface area (Å²) < 4.78 is 0. The number of Topliss-reactive ketones (excluding diaryl/α,β-unsaturated/α-hetero) is 1. The Kier molecular flexibility index (Phi) is 5.90. The molecule has 1 aliphatic heterocycles. The van der Waals surface area contributed by atoms with E-state index in [1.54, 1.807) is 6.07 Å². The minimum atomic E-state index is -0.499. The first kappa shape index (κ1) is 22.9. The molecule has 1 aromatic heterocycles. The number of thioether (sulfide) groups is 1. The van der Waals surface area contributed by atoms with Crippen molar-refractivity contribution >= 4 is 35.0 Å². The van der Waals surface area contributed by atoms with Crippen LogP contribution in [-0.2, 0) is 10.5 Å². The molecule has 34 heavy (non-hydrogen) atoms. The zero-order valence-corrected chi connectivity index (χ0v) is 20.9. The molecular formula is C27H26ClN3O2S. The van der Waals surface area contributed by atoms with Crippen LogP contribution in [0.5, 0.6) is 0 Å². The Morgan fingerprint density at radius 2 is 1.88 bits per heavy atom. The number of fused-ring (bicyclic) bond motifs is 1. The number of carbonyl (C=O) groups excluding carboxylic acids is 1. The fourth-order valence-corrected chi connectivity index (χ4v) is 5.83. The molecule has 5 rings (SSSR count). The van der Waals surface area contributed by atoms with Crippen LogP contribution in [0.25, 0.3) is 0 Å². The quantitative estimate of drug-likeness (QED) is 0.334. The summed E-state index contributed by atoms with van der Waals surface area (Å²) in [6.45, 7) is 6.24. The molecule has 3 aromatic rings. The van der Waals surface area contributed by atoms with Crippen molar-refractivity contribution in [2.24, 2.45) is 5.41 Å². The highest BCUT2D eigenvalue weighted by Crippen LogP contribution is 2.47. The van der Waals surface area contributed by atoms with Gasteiger partial charge in [-0.3, -0.25) is 9.59 Å². The average molecular weight is 492 g/mol. The van der Waals surface area contributed by atoms with E-state index >= 15 is 0 Å². The fraction of sp³-hybridized carbons (Fsp3) is 0.296. The molecule has 2 aromatic carbocycles. The summed E-state index contributed by atoms with van der Waals surface area (Å²) >= 11 is 7.79. The molecule has 0 saturated heterocycles. The summed E-state index contributed by atoms with van der Waals surface area (Å²) in [6, 6.07) is 15.7. The molecule has 1 unspecified atom stereocenters. The molecule has 2 aliphatic rings.